The van der Waals surface area contributed by atoms with E-state index in [4.69, 9.17) is 0 Å². The maximum absolute atomic E-state index is 12.2. The molecule has 0 spiro atoms. The third-order valence-corrected chi connectivity index (χ3v) is 5.88. The highest BCUT2D eigenvalue weighted by atomic mass is 32.2. The summed E-state index contributed by atoms with van der Waals surface area (Å²) in [6.45, 7) is 5.69. The van der Waals surface area contributed by atoms with Crippen molar-refractivity contribution >= 4 is 21.6 Å². The molecule has 6 nitrogen and oxygen atoms in total. The van der Waals surface area contributed by atoms with Crippen LogP contribution in [-0.4, -0.2) is 58.2 Å². The van der Waals surface area contributed by atoms with Crippen LogP contribution in [0.5, 0.6) is 0 Å². The highest BCUT2D eigenvalue weighted by Crippen LogP contribution is 2.18. The van der Waals surface area contributed by atoms with Gasteiger partial charge in [-0.3, -0.25) is 9.10 Å². The fourth-order valence-electron chi connectivity index (χ4n) is 3.20. The SMILES string of the molecule is CCc1ccc(N(CC(=O)NCCCN2CCCCC2)S(C)(=O)=O)cc1. The lowest BCUT2D eigenvalue weighted by atomic mass is 10.1. The summed E-state index contributed by atoms with van der Waals surface area (Å²) in [7, 11) is -3.52. The van der Waals surface area contributed by atoms with E-state index >= 15 is 0 Å². The monoisotopic (exact) mass is 381 g/mol. The largest absolute Gasteiger partial charge is 0.354 e. The molecule has 0 unspecified atom stereocenters. The molecule has 1 aromatic rings. The first-order valence-electron chi connectivity index (χ1n) is 9.46. The molecular formula is C19H31N3O3S. The molecule has 1 fully saturated rings. The van der Waals surface area contributed by atoms with Crippen LogP contribution in [0.3, 0.4) is 0 Å². The first-order valence-corrected chi connectivity index (χ1v) is 11.3. The Balaban J connectivity index is 1.84. The zero-order chi connectivity index (χ0) is 19.0. The van der Waals surface area contributed by atoms with Crippen LogP contribution in [0.25, 0.3) is 0 Å². The van der Waals surface area contributed by atoms with Crippen molar-refractivity contribution in [2.75, 3.05) is 43.3 Å². The van der Waals surface area contributed by atoms with Crippen LogP contribution in [0.2, 0.25) is 0 Å². The number of benzene rings is 1. The summed E-state index contributed by atoms with van der Waals surface area (Å²) in [6.07, 6.45) is 6.73. The first kappa shape index (κ1) is 20.7. The topological polar surface area (TPSA) is 69.7 Å². The van der Waals surface area contributed by atoms with E-state index in [1.54, 1.807) is 12.1 Å². The number of rotatable bonds is 9. The maximum atomic E-state index is 12.2. The van der Waals surface area contributed by atoms with Gasteiger partial charge in [-0.05, 0) is 63.0 Å². The van der Waals surface area contributed by atoms with Gasteiger partial charge in [0.1, 0.15) is 6.54 Å². The Labute approximate surface area is 157 Å². The summed E-state index contributed by atoms with van der Waals surface area (Å²) in [5.74, 6) is -0.270. The van der Waals surface area contributed by atoms with E-state index in [1.807, 2.05) is 19.1 Å². The van der Waals surface area contributed by atoms with Crippen LogP contribution >= 0.6 is 0 Å². The smallest absolute Gasteiger partial charge is 0.240 e. The predicted octanol–water partition coefficient (Wildman–Crippen LogP) is 2.01. The van der Waals surface area contributed by atoms with Gasteiger partial charge in [0.05, 0.1) is 11.9 Å². The van der Waals surface area contributed by atoms with Crippen molar-refractivity contribution in [1.82, 2.24) is 10.2 Å². The molecule has 0 bridgehead atoms. The molecule has 0 aromatic heterocycles. The fourth-order valence-corrected chi connectivity index (χ4v) is 4.05. The third kappa shape index (κ3) is 6.61. The van der Waals surface area contributed by atoms with E-state index in [0.717, 1.165) is 48.6 Å². The molecular weight excluding hydrogens is 350 g/mol. The summed E-state index contributed by atoms with van der Waals surface area (Å²) < 4.78 is 25.4. The highest BCUT2D eigenvalue weighted by Gasteiger charge is 2.20. The number of nitrogens with one attached hydrogen (secondary N) is 1. The molecule has 0 aliphatic carbocycles. The number of amides is 1. The Bertz CT molecular complexity index is 668. The Morgan fingerprint density at radius 2 is 1.81 bits per heavy atom. The predicted molar refractivity (Wildman–Crippen MR) is 106 cm³/mol. The molecule has 1 heterocycles. The van der Waals surface area contributed by atoms with Crippen LogP contribution in [0.4, 0.5) is 5.69 Å². The van der Waals surface area contributed by atoms with Crippen molar-refractivity contribution in [2.24, 2.45) is 0 Å². The first-order chi connectivity index (χ1) is 12.4. The number of carbonyl (C=O) groups excluding carboxylic acids is 1. The van der Waals surface area contributed by atoms with Gasteiger partial charge in [-0.2, -0.15) is 0 Å². The van der Waals surface area contributed by atoms with Crippen LogP contribution in [0.1, 0.15) is 38.2 Å². The molecule has 1 aromatic carbocycles. The van der Waals surface area contributed by atoms with Crippen molar-refractivity contribution in [3.8, 4) is 0 Å². The summed E-state index contributed by atoms with van der Waals surface area (Å²) >= 11 is 0. The second-order valence-corrected chi connectivity index (χ2v) is 8.80. The average molecular weight is 382 g/mol. The summed E-state index contributed by atoms with van der Waals surface area (Å²) in [5.41, 5.74) is 1.65. The van der Waals surface area contributed by atoms with Crippen molar-refractivity contribution in [1.29, 1.82) is 0 Å². The summed E-state index contributed by atoms with van der Waals surface area (Å²) in [4.78, 5) is 14.6. The van der Waals surface area contributed by atoms with Crippen molar-refractivity contribution in [3.63, 3.8) is 0 Å². The molecule has 146 valence electrons. The molecule has 2 rings (SSSR count). The van der Waals surface area contributed by atoms with Crippen molar-refractivity contribution < 1.29 is 13.2 Å². The average Bonchev–Trinajstić information content (AvgIpc) is 2.63. The van der Waals surface area contributed by atoms with Gasteiger partial charge in [0, 0.05) is 6.54 Å². The number of sulfonamides is 1. The van der Waals surface area contributed by atoms with Crippen molar-refractivity contribution in [3.05, 3.63) is 29.8 Å². The van der Waals surface area contributed by atoms with E-state index in [9.17, 15) is 13.2 Å². The molecule has 7 heteroatoms. The molecule has 0 radical (unpaired) electrons. The molecule has 1 amide bonds. The number of carbonyl (C=O) groups is 1. The van der Waals surface area contributed by atoms with Gasteiger partial charge in [-0.25, -0.2) is 8.42 Å². The number of piperidine rings is 1. The highest BCUT2D eigenvalue weighted by molar-refractivity contribution is 7.92. The Kier molecular flexibility index (Phi) is 7.90. The maximum Gasteiger partial charge on any atom is 0.240 e. The van der Waals surface area contributed by atoms with E-state index in [-0.39, 0.29) is 12.5 Å². The third-order valence-electron chi connectivity index (χ3n) is 4.74. The second-order valence-electron chi connectivity index (χ2n) is 6.90. The Morgan fingerprint density at radius 1 is 1.15 bits per heavy atom. The van der Waals surface area contributed by atoms with Gasteiger partial charge >= 0.3 is 0 Å². The molecule has 1 N–H and O–H groups in total. The quantitative estimate of drug-likeness (QED) is 0.665. The lowest BCUT2D eigenvalue weighted by Gasteiger charge is -2.26. The normalized spacial score (nSPS) is 15.6. The summed E-state index contributed by atoms with van der Waals surface area (Å²) in [6, 6.07) is 7.29. The number of nitrogens with zero attached hydrogens (tertiary/aromatic N) is 2. The van der Waals surface area contributed by atoms with E-state index in [1.165, 1.54) is 19.3 Å². The number of anilines is 1. The van der Waals surface area contributed by atoms with Gasteiger partial charge in [0.2, 0.25) is 15.9 Å². The van der Waals surface area contributed by atoms with Crippen molar-refractivity contribution in [2.45, 2.75) is 39.0 Å². The summed E-state index contributed by atoms with van der Waals surface area (Å²) in [5, 5.41) is 2.85. The second kappa shape index (κ2) is 9.92. The molecule has 0 saturated carbocycles. The fraction of sp³-hybridized carbons (Fsp3) is 0.632. The van der Waals surface area contributed by atoms with Gasteiger partial charge in [-0.15, -0.1) is 0 Å². The van der Waals surface area contributed by atoms with Crippen LogP contribution < -0.4 is 9.62 Å². The minimum atomic E-state index is -3.52. The lowest BCUT2D eigenvalue weighted by Crippen LogP contribution is -2.41. The van der Waals surface area contributed by atoms with Gasteiger partial charge in [0.15, 0.2) is 0 Å². The van der Waals surface area contributed by atoms with Crippen LogP contribution in [-0.2, 0) is 21.2 Å². The minimum absolute atomic E-state index is 0.186. The molecule has 1 aliphatic rings. The number of hydrogen-bond acceptors (Lipinski definition) is 4. The Hall–Kier alpha value is -1.60. The van der Waals surface area contributed by atoms with E-state index in [0.29, 0.717) is 12.2 Å². The standard InChI is InChI=1S/C19H31N3O3S/c1-3-17-8-10-18(11-9-17)22(26(2,24)25)16-19(23)20-12-7-15-21-13-5-4-6-14-21/h8-11H,3-7,12-16H2,1-2H3,(H,20,23). The van der Waals surface area contributed by atoms with Crippen LogP contribution in [0.15, 0.2) is 24.3 Å². The van der Waals surface area contributed by atoms with Crippen LogP contribution in [0, 0.1) is 0 Å². The minimum Gasteiger partial charge on any atom is -0.354 e. The number of likely N-dealkylation sites (tertiary alicyclic amines) is 1. The lowest BCUT2D eigenvalue weighted by molar-refractivity contribution is -0.119. The van der Waals surface area contributed by atoms with Gasteiger partial charge in [-0.1, -0.05) is 25.5 Å². The molecule has 0 atom stereocenters. The Morgan fingerprint density at radius 3 is 2.38 bits per heavy atom. The number of aryl methyl sites for hydroxylation is 1. The van der Waals surface area contributed by atoms with E-state index < -0.39 is 10.0 Å². The van der Waals surface area contributed by atoms with Gasteiger partial charge < -0.3 is 10.2 Å². The zero-order valence-electron chi connectivity index (χ0n) is 15.9. The van der Waals surface area contributed by atoms with Gasteiger partial charge in [0.25, 0.3) is 0 Å². The molecule has 1 saturated heterocycles. The molecule has 26 heavy (non-hydrogen) atoms. The zero-order valence-corrected chi connectivity index (χ0v) is 16.7. The number of hydrogen-bond donors (Lipinski definition) is 1. The molecule has 1 aliphatic heterocycles. The van der Waals surface area contributed by atoms with E-state index in [2.05, 4.69) is 10.2 Å².